The summed E-state index contributed by atoms with van der Waals surface area (Å²) in [7, 11) is 0. The molecule has 23 heavy (non-hydrogen) atoms. The summed E-state index contributed by atoms with van der Waals surface area (Å²) in [5.41, 5.74) is 4.57. The van der Waals surface area contributed by atoms with Gasteiger partial charge in [-0.3, -0.25) is 4.79 Å². The number of nitrogens with one attached hydrogen (secondary N) is 1. The predicted molar refractivity (Wildman–Crippen MR) is 93.3 cm³/mol. The Balaban J connectivity index is 1.95. The van der Waals surface area contributed by atoms with Crippen LogP contribution >= 0.6 is 0 Å². The second-order valence-electron chi connectivity index (χ2n) is 5.64. The lowest BCUT2D eigenvalue weighted by molar-refractivity contribution is 0.101. The Morgan fingerprint density at radius 2 is 1.91 bits per heavy atom. The molecule has 0 saturated carbocycles. The summed E-state index contributed by atoms with van der Waals surface area (Å²) in [6.45, 7) is 3.92. The number of hydrogen-bond donors (Lipinski definition) is 2. The van der Waals surface area contributed by atoms with Crippen LogP contribution in [0.3, 0.4) is 0 Å². The largest absolute Gasteiger partial charge is 0.383 e. The summed E-state index contributed by atoms with van der Waals surface area (Å²) in [6, 6.07) is 13.3. The van der Waals surface area contributed by atoms with Crippen molar-refractivity contribution in [3.05, 3.63) is 82.6 Å². The maximum atomic E-state index is 12.6. The summed E-state index contributed by atoms with van der Waals surface area (Å²) >= 11 is 0. The lowest BCUT2D eigenvalue weighted by Crippen LogP contribution is -2.02. The maximum Gasteiger partial charge on any atom is 0.193 e. The number of anilines is 1. The number of rotatable bonds is 3. The third-order valence-electron chi connectivity index (χ3n) is 4.05. The minimum Gasteiger partial charge on any atom is -0.383 e. The average molecular weight is 305 g/mol. The lowest BCUT2D eigenvalue weighted by atomic mass is 10.00. The Kier molecular flexibility index (Phi) is 4.13. The van der Waals surface area contributed by atoms with Crippen LogP contribution in [-0.4, -0.2) is 10.9 Å². The van der Waals surface area contributed by atoms with Gasteiger partial charge in [0.25, 0.3) is 0 Å². The molecule has 3 heteroatoms. The van der Waals surface area contributed by atoms with Crippen molar-refractivity contribution in [2.75, 3.05) is 5.32 Å². The van der Waals surface area contributed by atoms with Gasteiger partial charge < -0.3 is 10.4 Å². The molecule has 0 saturated heterocycles. The molecule has 0 amide bonds. The molecule has 2 aromatic rings. The number of aryl methyl sites for hydroxylation is 1. The van der Waals surface area contributed by atoms with E-state index in [-0.39, 0.29) is 5.78 Å². The van der Waals surface area contributed by atoms with Gasteiger partial charge >= 0.3 is 0 Å². The zero-order valence-corrected chi connectivity index (χ0v) is 13.2. The van der Waals surface area contributed by atoms with Crippen molar-refractivity contribution in [3.8, 4) is 0 Å². The van der Waals surface area contributed by atoms with E-state index in [0.717, 1.165) is 16.8 Å². The zero-order chi connectivity index (χ0) is 16.4. The molecule has 1 unspecified atom stereocenters. The highest BCUT2D eigenvalue weighted by Gasteiger charge is 2.33. The zero-order valence-electron chi connectivity index (χ0n) is 13.2. The van der Waals surface area contributed by atoms with Gasteiger partial charge in [-0.1, -0.05) is 30.4 Å². The number of hydrogen-bond acceptors (Lipinski definition) is 3. The SMILES string of the molecule is C/C=C\c1cc2c(cc1C)C(=O)/C(=C\Nc1ccccc1)C2O. The van der Waals surface area contributed by atoms with Gasteiger partial charge in [0, 0.05) is 23.0 Å². The Hall–Kier alpha value is -2.65. The van der Waals surface area contributed by atoms with Gasteiger partial charge in [-0.25, -0.2) is 0 Å². The van der Waals surface area contributed by atoms with E-state index < -0.39 is 6.10 Å². The van der Waals surface area contributed by atoms with E-state index in [1.165, 1.54) is 0 Å². The van der Waals surface area contributed by atoms with Gasteiger partial charge in [-0.2, -0.15) is 0 Å². The van der Waals surface area contributed by atoms with E-state index in [1.807, 2.05) is 68.5 Å². The fraction of sp³-hybridized carbons (Fsp3) is 0.150. The van der Waals surface area contributed by atoms with Crippen LogP contribution in [0.25, 0.3) is 6.08 Å². The summed E-state index contributed by atoms with van der Waals surface area (Å²) in [5.74, 6) is -0.119. The van der Waals surface area contributed by atoms with Crippen molar-refractivity contribution in [2.45, 2.75) is 20.0 Å². The quantitative estimate of drug-likeness (QED) is 0.833. The predicted octanol–water partition coefficient (Wildman–Crippen LogP) is 4.25. The molecule has 3 rings (SSSR count). The Labute approximate surface area is 136 Å². The monoisotopic (exact) mass is 305 g/mol. The molecule has 1 atom stereocenters. The lowest BCUT2D eigenvalue weighted by Gasteiger charge is -2.08. The summed E-state index contributed by atoms with van der Waals surface area (Å²) < 4.78 is 0. The summed E-state index contributed by atoms with van der Waals surface area (Å²) in [4.78, 5) is 12.6. The smallest absolute Gasteiger partial charge is 0.193 e. The second kappa shape index (κ2) is 6.23. The Morgan fingerprint density at radius 3 is 2.61 bits per heavy atom. The van der Waals surface area contributed by atoms with E-state index in [1.54, 1.807) is 6.20 Å². The molecule has 0 bridgehead atoms. The van der Waals surface area contributed by atoms with Crippen molar-refractivity contribution in [3.63, 3.8) is 0 Å². The summed E-state index contributed by atoms with van der Waals surface area (Å²) in [6.07, 6.45) is 4.65. The Bertz CT molecular complexity index is 804. The topological polar surface area (TPSA) is 49.3 Å². The van der Waals surface area contributed by atoms with Gasteiger partial charge in [0.1, 0.15) is 6.10 Å². The molecule has 1 aliphatic carbocycles. The molecule has 0 heterocycles. The van der Waals surface area contributed by atoms with Crippen molar-refractivity contribution in [1.82, 2.24) is 0 Å². The van der Waals surface area contributed by atoms with E-state index in [9.17, 15) is 9.90 Å². The number of para-hydroxylation sites is 1. The minimum absolute atomic E-state index is 0.119. The fourth-order valence-electron chi connectivity index (χ4n) is 2.81. The van der Waals surface area contributed by atoms with Gasteiger partial charge in [0.2, 0.25) is 0 Å². The van der Waals surface area contributed by atoms with Crippen LogP contribution in [0.15, 0.2) is 60.3 Å². The number of carbonyl (C=O) groups excluding carboxylic acids is 1. The first-order valence-electron chi connectivity index (χ1n) is 7.63. The minimum atomic E-state index is -0.890. The van der Waals surface area contributed by atoms with Crippen molar-refractivity contribution < 1.29 is 9.90 Å². The van der Waals surface area contributed by atoms with Crippen molar-refractivity contribution in [1.29, 1.82) is 0 Å². The average Bonchev–Trinajstić information content (AvgIpc) is 2.78. The normalized spacial score (nSPS) is 18.7. The van der Waals surface area contributed by atoms with Crippen LogP contribution < -0.4 is 5.32 Å². The molecule has 3 nitrogen and oxygen atoms in total. The first kappa shape index (κ1) is 15.3. The number of carbonyl (C=O) groups is 1. The van der Waals surface area contributed by atoms with Crippen LogP contribution in [0.4, 0.5) is 5.69 Å². The van der Waals surface area contributed by atoms with E-state index >= 15 is 0 Å². The second-order valence-corrected chi connectivity index (χ2v) is 5.64. The molecule has 0 fully saturated rings. The van der Waals surface area contributed by atoms with Gasteiger partial charge in [-0.05, 0) is 54.8 Å². The molecule has 0 spiro atoms. The third-order valence-corrected chi connectivity index (χ3v) is 4.05. The number of allylic oxidation sites excluding steroid dienone is 1. The molecular weight excluding hydrogens is 286 g/mol. The van der Waals surface area contributed by atoms with Crippen LogP contribution in [-0.2, 0) is 0 Å². The maximum absolute atomic E-state index is 12.6. The molecule has 116 valence electrons. The first-order valence-corrected chi connectivity index (χ1v) is 7.63. The number of ketones is 1. The van der Waals surface area contributed by atoms with Gasteiger partial charge in [0.05, 0.1) is 0 Å². The van der Waals surface area contributed by atoms with Gasteiger partial charge in [-0.15, -0.1) is 0 Å². The van der Waals surface area contributed by atoms with Crippen LogP contribution in [0, 0.1) is 6.92 Å². The third kappa shape index (κ3) is 2.83. The molecule has 2 aromatic carbocycles. The van der Waals surface area contributed by atoms with E-state index in [0.29, 0.717) is 16.7 Å². The van der Waals surface area contributed by atoms with Crippen LogP contribution in [0.2, 0.25) is 0 Å². The number of fused-ring (bicyclic) bond motifs is 1. The number of aliphatic hydroxyl groups excluding tert-OH is 1. The number of Topliss-reactive ketones (excluding diaryl/α,β-unsaturated/α-hetero) is 1. The highest BCUT2D eigenvalue weighted by Crippen LogP contribution is 2.37. The van der Waals surface area contributed by atoms with Crippen molar-refractivity contribution >= 4 is 17.5 Å². The molecule has 0 radical (unpaired) electrons. The van der Waals surface area contributed by atoms with Crippen LogP contribution in [0.1, 0.15) is 40.1 Å². The molecule has 1 aliphatic rings. The molecular formula is C20H19NO2. The van der Waals surface area contributed by atoms with Crippen molar-refractivity contribution in [2.24, 2.45) is 0 Å². The van der Waals surface area contributed by atoms with Crippen LogP contribution in [0.5, 0.6) is 0 Å². The Morgan fingerprint density at radius 1 is 1.17 bits per heavy atom. The molecule has 2 N–H and O–H groups in total. The fourth-order valence-corrected chi connectivity index (χ4v) is 2.81. The summed E-state index contributed by atoms with van der Waals surface area (Å²) in [5, 5.41) is 13.6. The van der Waals surface area contributed by atoms with E-state index in [4.69, 9.17) is 0 Å². The molecule has 0 aliphatic heterocycles. The highest BCUT2D eigenvalue weighted by atomic mass is 16.3. The molecule has 0 aromatic heterocycles. The number of benzene rings is 2. The van der Waals surface area contributed by atoms with E-state index in [2.05, 4.69) is 5.32 Å². The highest BCUT2D eigenvalue weighted by molar-refractivity contribution is 6.14. The number of aliphatic hydroxyl groups is 1. The standard InChI is InChI=1S/C20H19NO2/c1-3-7-14-11-17-16(10-13(14)2)19(22)18(20(17)23)12-21-15-8-5-4-6-9-15/h3-12,20-21,23H,1-2H3/b7-3-,18-12+. The van der Waals surface area contributed by atoms with Gasteiger partial charge in [0.15, 0.2) is 5.78 Å². The first-order chi connectivity index (χ1) is 11.1.